The number of aromatic nitrogens is 2. The Morgan fingerprint density at radius 1 is 1.10 bits per heavy atom. The van der Waals surface area contributed by atoms with Crippen molar-refractivity contribution in [3.63, 3.8) is 0 Å². The quantitative estimate of drug-likeness (QED) is 0.716. The normalized spacial score (nSPS) is 49.2. The summed E-state index contributed by atoms with van der Waals surface area (Å²) in [5.41, 5.74) is 0.610. The monoisotopic (exact) mass is 416 g/mol. The van der Waals surface area contributed by atoms with Gasteiger partial charge >= 0.3 is 5.76 Å². The van der Waals surface area contributed by atoms with Crippen LogP contribution in [0.15, 0.2) is 9.32 Å². The van der Waals surface area contributed by atoms with E-state index in [4.69, 9.17) is 4.52 Å². The minimum atomic E-state index is -0.454. The number of nitrogens with zero attached hydrogens (tertiary/aromatic N) is 1. The summed E-state index contributed by atoms with van der Waals surface area (Å²) in [6, 6.07) is 0. The van der Waals surface area contributed by atoms with Crippen LogP contribution in [0.4, 0.5) is 0 Å². The van der Waals surface area contributed by atoms with Crippen LogP contribution in [0.2, 0.25) is 0 Å². The lowest BCUT2D eigenvalue weighted by molar-refractivity contribution is -0.193. The summed E-state index contributed by atoms with van der Waals surface area (Å²) in [7, 11) is 0. The van der Waals surface area contributed by atoms with Crippen molar-refractivity contribution in [2.75, 3.05) is 0 Å². The Kier molecular flexibility index (Phi) is 5.00. The molecule has 0 radical (unpaired) electrons. The van der Waals surface area contributed by atoms with E-state index in [9.17, 15) is 9.90 Å². The highest BCUT2D eigenvalue weighted by Gasteiger charge is 2.64. The topological polar surface area (TPSA) is 79.1 Å². The van der Waals surface area contributed by atoms with E-state index in [0.717, 1.165) is 12.8 Å². The van der Waals surface area contributed by atoms with Crippen molar-refractivity contribution in [1.82, 2.24) is 10.1 Å². The van der Waals surface area contributed by atoms with Crippen LogP contribution in [-0.4, -0.2) is 21.4 Å². The highest BCUT2D eigenvalue weighted by Crippen LogP contribution is 2.69. The molecule has 0 aromatic carbocycles. The minimum absolute atomic E-state index is 0.151. The highest BCUT2D eigenvalue weighted by molar-refractivity contribution is 5.14. The fourth-order valence-electron chi connectivity index (χ4n) is 9.53. The van der Waals surface area contributed by atoms with E-state index in [2.05, 4.69) is 37.8 Å². The molecule has 0 aliphatic heterocycles. The van der Waals surface area contributed by atoms with Crippen molar-refractivity contribution >= 4 is 0 Å². The molecule has 4 aliphatic carbocycles. The van der Waals surface area contributed by atoms with Gasteiger partial charge in [-0.2, -0.15) is 0 Å². The summed E-state index contributed by atoms with van der Waals surface area (Å²) in [6.07, 6.45) is 11.2. The van der Waals surface area contributed by atoms with Gasteiger partial charge in [0.15, 0.2) is 5.82 Å². The van der Waals surface area contributed by atoms with Gasteiger partial charge in [0.1, 0.15) is 0 Å². The first-order valence-corrected chi connectivity index (χ1v) is 12.5. The van der Waals surface area contributed by atoms with Gasteiger partial charge in [0, 0.05) is 5.92 Å². The third-order valence-corrected chi connectivity index (χ3v) is 10.9. The molecular formula is C25H40N2O3. The second-order valence-corrected chi connectivity index (χ2v) is 11.7. The summed E-state index contributed by atoms with van der Waals surface area (Å²) in [5, 5.41) is 15.8. The lowest BCUT2D eigenvalue weighted by Gasteiger charge is -2.64. The zero-order valence-electron chi connectivity index (χ0n) is 19.2. The number of aliphatic hydroxyl groups is 1. The second-order valence-electron chi connectivity index (χ2n) is 11.7. The third-order valence-electron chi connectivity index (χ3n) is 10.9. The minimum Gasteiger partial charge on any atom is -0.393 e. The number of H-pyrrole nitrogens is 1. The maximum absolute atomic E-state index is 11.7. The molecule has 5 heteroatoms. The molecule has 1 aromatic heterocycles. The third kappa shape index (κ3) is 2.76. The first-order chi connectivity index (χ1) is 14.3. The molecule has 4 saturated carbocycles. The van der Waals surface area contributed by atoms with Crippen molar-refractivity contribution in [2.24, 2.45) is 46.3 Å². The van der Waals surface area contributed by atoms with Crippen molar-refractivity contribution in [2.45, 2.75) is 97.5 Å². The summed E-state index contributed by atoms with van der Waals surface area (Å²) >= 11 is 0. The highest BCUT2D eigenvalue weighted by atomic mass is 16.5. The van der Waals surface area contributed by atoms with Gasteiger partial charge < -0.3 is 5.11 Å². The number of rotatable bonds is 3. The Balaban J connectivity index is 1.48. The molecule has 168 valence electrons. The zero-order chi connectivity index (χ0) is 21.3. The van der Waals surface area contributed by atoms with Crippen LogP contribution in [0.1, 0.15) is 97.2 Å². The molecule has 0 saturated heterocycles. The van der Waals surface area contributed by atoms with Crippen molar-refractivity contribution < 1.29 is 9.63 Å². The van der Waals surface area contributed by atoms with Gasteiger partial charge in [-0.15, -0.1) is 0 Å². The first kappa shape index (κ1) is 20.8. The maximum atomic E-state index is 11.7. The van der Waals surface area contributed by atoms with Gasteiger partial charge in [0.25, 0.3) is 0 Å². The molecule has 10 atom stereocenters. The molecule has 4 aliphatic rings. The average molecular weight is 417 g/mol. The summed E-state index contributed by atoms with van der Waals surface area (Å²) in [5.74, 6) is 3.74. The van der Waals surface area contributed by atoms with Crippen LogP contribution >= 0.6 is 0 Å². The van der Waals surface area contributed by atoms with Crippen LogP contribution in [0.3, 0.4) is 0 Å². The Hall–Kier alpha value is -1.10. The Morgan fingerprint density at radius 2 is 1.87 bits per heavy atom. The number of aromatic amines is 1. The number of hydrogen-bond acceptors (Lipinski definition) is 4. The van der Waals surface area contributed by atoms with Gasteiger partial charge in [0.2, 0.25) is 0 Å². The van der Waals surface area contributed by atoms with Gasteiger partial charge in [-0.25, -0.2) is 4.79 Å². The summed E-state index contributed by atoms with van der Waals surface area (Å²) in [4.78, 5) is 14.3. The van der Waals surface area contributed by atoms with Crippen LogP contribution in [-0.2, 0) is 0 Å². The fourth-order valence-corrected chi connectivity index (χ4v) is 9.53. The average Bonchev–Trinajstić information content (AvgIpc) is 3.31. The largest absolute Gasteiger partial charge is 0.438 e. The van der Waals surface area contributed by atoms with E-state index in [0.29, 0.717) is 46.7 Å². The van der Waals surface area contributed by atoms with Crippen LogP contribution < -0.4 is 5.76 Å². The van der Waals surface area contributed by atoms with Gasteiger partial charge in [-0.05, 0) is 84.9 Å². The molecule has 2 N–H and O–H groups in total. The molecule has 7 unspecified atom stereocenters. The van der Waals surface area contributed by atoms with Crippen LogP contribution in [0.5, 0.6) is 0 Å². The molecular weight excluding hydrogens is 376 g/mol. The Morgan fingerprint density at radius 3 is 2.57 bits per heavy atom. The van der Waals surface area contributed by atoms with Gasteiger partial charge in [-0.1, -0.05) is 52.1 Å². The van der Waals surface area contributed by atoms with Crippen molar-refractivity contribution in [1.29, 1.82) is 0 Å². The van der Waals surface area contributed by atoms with E-state index < -0.39 is 5.76 Å². The Labute approximate surface area is 180 Å². The number of nitrogens with one attached hydrogen (secondary N) is 1. The van der Waals surface area contributed by atoms with Gasteiger partial charge in [0.05, 0.1) is 6.10 Å². The number of fused-ring (bicyclic) bond motifs is 5. The van der Waals surface area contributed by atoms with E-state index >= 15 is 0 Å². The molecule has 5 nitrogen and oxygen atoms in total. The zero-order valence-corrected chi connectivity index (χ0v) is 19.2. The molecule has 0 amide bonds. The first-order valence-electron chi connectivity index (χ1n) is 12.5. The van der Waals surface area contributed by atoms with Crippen LogP contribution in [0, 0.1) is 46.3 Å². The second kappa shape index (κ2) is 7.21. The smallest absolute Gasteiger partial charge is 0.393 e. The Bertz CT molecular complexity index is 832. The number of aliphatic hydroxyl groups excluding tert-OH is 1. The molecule has 1 heterocycles. The fraction of sp³-hybridized carbons (Fsp3) is 0.920. The predicted octanol–water partition coefficient (Wildman–Crippen LogP) is 5.12. The lowest BCUT2D eigenvalue weighted by Crippen LogP contribution is -2.61. The standard InChI is InChI=1S/C25H40N2O3/c1-5-15-17-8-6-7-12-24(17,3)19-11-13-25(4)16(9-10-18(25)20(19)21(15)28)14(2)22-26-23(29)30-27-22/h14-21,28H,5-13H2,1-4H3,(H,26,27,29)/t14-,15+,16?,17?,18?,19?,20?,21+,24?,25?/m0/s1. The molecule has 30 heavy (non-hydrogen) atoms. The predicted molar refractivity (Wildman–Crippen MR) is 116 cm³/mol. The summed E-state index contributed by atoms with van der Waals surface area (Å²) in [6.45, 7) is 9.55. The molecule has 5 rings (SSSR count). The van der Waals surface area contributed by atoms with Crippen molar-refractivity contribution in [3.05, 3.63) is 16.4 Å². The number of hydrogen-bond donors (Lipinski definition) is 2. The van der Waals surface area contributed by atoms with Crippen LogP contribution in [0.25, 0.3) is 0 Å². The van der Waals surface area contributed by atoms with E-state index in [1.165, 1.54) is 44.9 Å². The molecule has 0 spiro atoms. The van der Waals surface area contributed by atoms with Crippen molar-refractivity contribution in [3.8, 4) is 0 Å². The SMILES string of the molecule is CC[C@@H]1C2CCCCC2(C)C2CCC3(C)C(CCC3[C@H](C)c3noc(=O)[nH]3)C2[C@@H]1O. The van der Waals surface area contributed by atoms with Gasteiger partial charge in [-0.3, -0.25) is 9.51 Å². The maximum Gasteiger partial charge on any atom is 0.438 e. The molecule has 1 aromatic rings. The van der Waals surface area contributed by atoms with E-state index in [-0.39, 0.29) is 17.4 Å². The van der Waals surface area contributed by atoms with E-state index in [1.807, 2.05) is 0 Å². The summed E-state index contributed by atoms with van der Waals surface area (Å²) < 4.78 is 4.82. The van der Waals surface area contributed by atoms with E-state index in [1.54, 1.807) is 0 Å². The molecule has 4 fully saturated rings. The lowest BCUT2D eigenvalue weighted by atomic mass is 9.41. The molecule has 0 bridgehead atoms.